The van der Waals surface area contributed by atoms with Crippen LogP contribution < -0.4 is 10.6 Å². The number of terminal acetylenes is 1. The Morgan fingerprint density at radius 2 is 1.91 bits per heavy atom. The lowest BCUT2D eigenvalue weighted by molar-refractivity contribution is 0.0927. The Kier molecular flexibility index (Phi) is 8.27. The van der Waals surface area contributed by atoms with Crippen molar-refractivity contribution in [3.63, 3.8) is 0 Å². The molecule has 6 rings (SSSR count). The van der Waals surface area contributed by atoms with Crippen LogP contribution in [0, 0.1) is 24.2 Å². The molecule has 4 aromatic rings. The number of aromatic nitrogens is 4. The maximum absolute atomic E-state index is 11.4. The Bertz CT molecular complexity index is 1710. The van der Waals surface area contributed by atoms with Crippen LogP contribution in [0.1, 0.15) is 43.1 Å². The van der Waals surface area contributed by atoms with Crippen molar-refractivity contribution in [1.82, 2.24) is 19.5 Å². The number of morpholine rings is 1. The summed E-state index contributed by atoms with van der Waals surface area (Å²) < 4.78 is 8.15. The lowest BCUT2D eigenvalue weighted by Crippen LogP contribution is -2.41. The fourth-order valence-corrected chi connectivity index (χ4v) is 6.28. The number of amides is 1. The number of anilines is 1. The van der Waals surface area contributed by atoms with Crippen LogP contribution in [0.5, 0.6) is 0 Å². The van der Waals surface area contributed by atoms with Gasteiger partial charge in [-0.1, -0.05) is 54.1 Å². The maximum atomic E-state index is 11.4. The lowest BCUT2D eigenvalue weighted by atomic mass is 9.82. The van der Waals surface area contributed by atoms with E-state index >= 15 is 0 Å². The van der Waals surface area contributed by atoms with Crippen molar-refractivity contribution in [2.45, 2.75) is 38.3 Å². The van der Waals surface area contributed by atoms with Gasteiger partial charge in [-0.2, -0.15) is 9.98 Å². The summed E-state index contributed by atoms with van der Waals surface area (Å²) >= 11 is 6.42. The SMILES string of the molecule is C#CC1CCC(Cn2c(N3CCOCC3c3ccccc3)nc3nc(C(N)=NC(=O)O)nc(-c4cccc(Cl)c4)c32)CC1. The van der Waals surface area contributed by atoms with Crippen molar-refractivity contribution in [3.05, 3.63) is 71.0 Å². The molecule has 220 valence electrons. The summed E-state index contributed by atoms with van der Waals surface area (Å²) in [6, 6.07) is 17.5. The van der Waals surface area contributed by atoms with Crippen LogP contribution in [-0.2, 0) is 11.3 Å². The molecule has 11 heteroatoms. The van der Waals surface area contributed by atoms with Crippen LogP contribution in [0.2, 0.25) is 5.02 Å². The number of amidine groups is 1. The van der Waals surface area contributed by atoms with E-state index in [0.717, 1.165) is 48.3 Å². The fourth-order valence-electron chi connectivity index (χ4n) is 6.09. The molecule has 2 fully saturated rings. The summed E-state index contributed by atoms with van der Waals surface area (Å²) in [6.07, 6.45) is 8.29. The highest BCUT2D eigenvalue weighted by Crippen LogP contribution is 2.38. The van der Waals surface area contributed by atoms with Gasteiger partial charge in [0, 0.05) is 29.6 Å². The molecule has 2 aromatic heterocycles. The molecular formula is C32H32ClN7O3. The summed E-state index contributed by atoms with van der Waals surface area (Å²) in [5.41, 5.74) is 9.59. The number of nitrogens with zero attached hydrogens (tertiary/aromatic N) is 6. The molecule has 2 aromatic carbocycles. The van der Waals surface area contributed by atoms with Gasteiger partial charge in [0.2, 0.25) is 5.95 Å². The molecule has 0 bridgehead atoms. The van der Waals surface area contributed by atoms with E-state index in [9.17, 15) is 9.90 Å². The number of fused-ring (bicyclic) bond motifs is 1. The number of ether oxygens (including phenoxy) is 1. The first-order chi connectivity index (χ1) is 20.9. The topological polar surface area (TPSA) is 132 Å². The largest absolute Gasteiger partial charge is 0.463 e. The Labute approximate surface area is 254 Å². The number of imidazole rings is 1. The molecule has 1 aliphatic heterocycles. The number of hydrogen-bond donors (Lipinski definition) is 2. The fraction of sp³-hybridized carbons (Fsp3) is 0.344. The maximum Gasteiger partial charge on any atom is 0.433 e. The monoisotopic (exact) mass is 597 g/mol. The number of nitrogens with two attached hydrogens (primary N) is 1. The van der Waals surface area contributed by atoms with Gasteiger partial charge >= 0.3 is 6.09 Å². The highest BCUT2D eigenvalue weighted by atomic mass is 35.5. The van der Waals surface area contributed by atoms with Gasteiger partial charge < -0.3 is 25.0 Å². The highest BCUT2D eigenvalue weighted by molar-refractivity contribution is 6.30. The average molecular weight is 598 g/mol. The van der Waals surface area contributed by atoms with E-state index in [-0.39, 0.29) is 17.7 Å². The van der Waals surface area contributed by atoms with E-state index in [0.29, 0.717) is 54.5 Å². The van der Waals surface area contributed by atoms with Crippen LogP contribution in [0.4, 0.5) is 10.7 Å². The second-order valence-corrected chi connectivity index (χ2v) is 11.4. The number of rotatable bonds is 6. The molecule has 1 atom stereocenters. The molecule has 10 nitrogen and oxygen atoms in total. The van der Waals surface area contributed by atoms with Crippen molar-refractivity contribution in [2.75, 3.05) is 24.7 Å². The third kappa shape index (κ3) is 6.05. The summed E-state index contributed by atoms with van der Waals surface area (Å²) in [7, 11) is 0. The average Bonchev–Trinajstić information content (AvgIpc) is 3.39. The predicted octanol–water partition coefficient (Wildman–Crippen LogP) is 5.55. The minimum Gasteiger partial charge on any atom is -0.463 e. The van der Waals surface area contributed by atoms with Gasteiger partial charge in [0.05, 0.1) is 19.3 Å². The van der Waals surface area contributed by atoms with Gasteiger partial charge in [-0.15, -0.1) is 12.3 Å². The number of halogens is 1. The van der Waals surface area contributed by atoms with Crippen molar-refractivity contribution >= 4 is 40.6 Å². The molecule has 3 N–H and O–H groups in total. The Morgan fingerprint density at radius 1 is 1.12 bits per heavy atom. The zero-order valence-corrected chi connectivity index (χ0v) is 24.3. The summed E-state index contributed by atoms with van der Waals surface area (Å²) in [5, 5.41) is 9.80. The first-order valence-corrected chi connectivity index (χ1v) is 14.8. The normalized spacial score (nSPS) is 21.1. The van der Waals surface area contributed by atoms with Crippen LogP contribution in [-0.4, -0.2) is 56.3 Å². The summed E-state index contributed by atoms with van der Waals surface area (Å²) in [6.45, 7) is 2.38. The molecule has 0 spiro atoms. The zero-order chi connectivity index (χ0) is 29.9. The molecule has 2 aliphatic rings. The van der Waals surface area contributed by atoms with Gasteiger partial charge in [-0.05, 0) is 49.3 Å². The standard InChI is InChI=1S/C32H32ClN7O3/c1-2-20-11-13-21(14-12-20)18-40-27-26(23-9-6-10-24(33)17-23)35-30(28(34)36-32(41)42)37-29(27)38-31(40)39-15-16-43-19-25(39)22-7-4-3-5-8-22/h1,3-10,17,20-21,25H,11-16,18-19H2,(H2,34,36)(H,41,42). The Balaban J connectivity index is 1.57. The predicted molar refractivity (Wildman–Crippen MR) is 166 cm³/mol. The number of benzene rings is 2. The Morgan fingerprint density at radius 3 is 2.63 bits per heavy atom. The minimum atomic E-state index is -1.43. The lowest BCUT2D eigenvalue weighted by Gasteiger charge is -2.37. The second-order valence-electron chi connectivity index (χ2n) is 11.0. The van der Waals surface area contributed by atoms with E-state index < -0.39 is 6.09 Å². The smallest absolute Gasteiger partial charge is 0.433 e. The molecule has 43 heavy (non-hydrogen) atoms. The second kappa shape index (κ2) is 12.4. The summed E-state index contributed by atoms with van der Waals surface area (Å²) in [4.78, 5) is 31.6. The van der Waals surface area contributed by atoms with Gasteiger partial charge in [0.25, 0.3) is 0 Å². The molecule has 3 heterocycles. The highest BCUT2D eigenvalue weighted by Gasteiger charge is 2.32. The van der Waals surface area contributed by atoms with Gasteiger partial charge in [-0.25, -0.2) is 14.8 Å². The molecule has 1 unspecified atom stereocenters. The number of carbonyl (C=O) groups is 1. The van der Waals surface area contributed by atoms with E-state index in [2.05, 4.69) is 37.5 Å². The van der Waals surface area contributed by atoms with Crippen molar-refractivity contribution in [3.8, 4) is 23.6 Å². The third-order valence-corrected chi connectivity index (χ3v) is 8.45. The van der Waals surface area contributed by atoms with Gasteiger partial charge in [0.15, 0.2) is 17.3 Å². The van der Waals surface area contributed by atoms with E-state index in [1.807, 2.05) is 36.4 Å². The third-order valence-electron chi connectivity index (χ3n) is 8.22. The number of hydrogen-bond acceptors (Lipinski definition) is 6. The Hall–Kier alpha value is -4.46. The number of aliphatic imine (C=N–C) groups is 1. The quantitative estimate of drug-likeness (QED) is 0.168. The van der Waals surface area contributed by atoms with Crippen LogP contribution >= 0.6 is 11.6 Å². The first-order valence-electron chi connectivity index (χ1n) is 14.4. The van der Waals surface area contributed by atoms with Crippen LogP contribution in [0.25, 0.3) is 22.4 Å². The molecule has 1 saturated carbocycles. The molecule has 1 aliphatic carbocycles. The minimum absolute atomic E-state index is 0.0165. The van der Waals surface area contributed by atoms with Crippen LogP contribution in [0.3, 0.4) is 0 Å². The van der Waals surface area contributed by atoms with Gasteiger partial charge in [0.1, 0.15) is 11.2 Å². The molecular weight excluding hydrogens is 566 g/mol. The molecule has 1 saturated heterocycles. The van der Waals surface area contributed by atoms with Gasteiger partial charge in [-0.3, -0.25) is 0 Å². The van der Waals surface area contributed by atoms with Crippen molar-refractivity contribution in [1.29, 1.82) is 0 Å². The van der Waals surface area contributed by atoms with Crippen molar-refractivity contribution < 1.29 is 14.6 Å². The summed E-state index contributed by atoms with van der Waals surface area (Å²) in [5.74, 6) is 4.03. The van der Waals surface area contributed by atoms with Crippen molar-refractivity contribution in [2.24, 2.45) is 22.6 Å². The first kappa shape index (κ1) is 28.6. The zero-order valence-electron chi connectivity index (χ0n) is 23.6. The van der Waals surface area contributed by atoms with E-state index in [1.54, 1.807) is 6.07 Å². The van der Waals surface area contributed by atoms with E-state index in [1.165, 1.54) is 0 Å². The molecule has 0 radical (unpaired) electrons. The number of carboxylic acid groups (broad SMARTS) is 1. The van der Waals surface area contributed by atoms with Crippen LogP contribution in [0.15, 0.2) is 59.6 Å². The molecule has 1 amide bonds. The van der Waals surface area contributed by atoms with E-state index in [4.69, 9.17) is 38.5 Å².